The van der Waals surface area contributed by atoms with E-state index in [-0.39, 0.29) is 5.56 Å². The average molecular weight is 297 g/mol. The van der Waals surface area contributed by atoms with Crippen LogP contribution in [0.2, 0.25) is 5.02 Å². The molecule has 0 saturated carbocycles. The molecule has 2 heterocycles. The molecule has 0 amide bonds. The largest absolute Gasteiger partial charge is 0.478 e. The molecule has 0 aliphatic rings. The summed E-state index contributed by atoms with van der Waals surface area (Å²) in [6.45, 7) is 5.83. The molecule has 0 fully saturated rings. The van der Waals surface area contributed by atoms with Gasteiger partial charge < -0.3 is 5.11 Å². The van der Waals surface area contributed by atoms with Crippen molar-refractivity contribution in [1.29, 1.82) is 0 Å². The molecule has 6 nitrogen and oxygen atoms in total. The fourth-order valence-electron chi connectivity index (χ4n) is 2.29. The average Bonchev–Trinajstić information content (AvgIpc) is 2.80. The number of aromatic nitrogens is 4. The van der Waals surface area contributed by atoms with Gasteiger partial charge in [-0.1, -0.05) is 18.5 Å². The second kappa shape index (κ2) is 5.28. The number of carbonyl (C=O) groups is 1. The van der Waals surface area contributed by atoms with Gasteiger partial charge in [-0.05, 0) is 20.3 Å². The number of hydrogen-bond donors (Lipinski definition) is 1. The molecule has 0 spiro atoms. The van der Waals surface area contributed by atoms with Crippen LogP contribution in [-0.2, 0) is 20.0 Å². The maximum absolute atomic E-state index is 11.2. The van der Waals surface area contributed by atoms with Crippen molar-refractivity contribution in [3.05, 3.63) is 33.4 Å². The van der Waals surface area contributed by atoms with Crippen LogP contribution >= 0.6 is 11.6 Å². The molecule has 0 aliphatic heterocycles. The number of aryl methyl sites for hydroxylation is 3. The zero-order valence-electron chi connectivity index (χ0n) is 11.9. The molecule has 1 N–H and O–H groups in total. The van der Waals surface area contributed by atoms with E-state index in [1.165, 1.54) is 0 Å². The van der Waals surface area contributed by atoms with Crippen molar-refractivity contribution in [3.63, 3.8) is 0 Å². The van der Waals surface area contributed by atoms with Crippen molar-refractivity contribution in [1.82, 2.24) is 19.6 Å². The topological polar surface area (TPSA) is 72.9 Å². The minimum atomic E-state index is -0.961. The second-order valence-corrected chi connectivity index (χ2v) is 5.07. The Morgan fingerprint density at radius 3 is 2.45 bits per heavy atom. The van der Waals surface area contributed by atoms with Crippen molar-refractivity contribution < 1.29 is 9.90 Å². The van der Waals surface area contributed by atoms with E-state index in [1.54, 1.807) is 23.2 Å². The lowest BCUT2D eigenvalue weighted by molar-refractivity contribution is 0.0695. The van der Waals surface area contributed by atoms with Gasteiger partial charge in [-0.25, -0.2) is 4.79 Å². The molecule has 0 aromatic carbocycles. The van der Waals surface area contributed by atoms with Crippen LogP contribution in [0.15, 0.2) is 0 Å². The van der Waals surface area contributed by atoms with E-state index in [1.807, 2.05) is 14.0 Å². The standard InChI is InChI=1S/C13H17ClN4O2/c1-5-9-12(14)10(17(4)16-9)6-18-8(3)11(13(19)20)7(2)15-18/h5-6H2,1-4H3,(H,19,20). The Bertz CT molecular complexity index is 672. The van der Waals surface area contributed by atoms with Crippen molar-refractivity contribution in [3.8, 4) is 0 Å². The van der Waals surface area contributed by atoms with Gasteiger partial charge >= 0.3 is 5.97 Å². The summed E-state index contributed by atoms with van der Waals surface area (Å²) in [6, 6.07) is 0. The van der Waals surface area contributed by atoms with Crippen LogP contribution in [0.25, 0.3) is 0 Å². The number of hydrogen-bond acceptors (Lipinski definition) is 3. The number of carboxylic acid groups (broad SMARTS) is 1. The van der Waals surface area contributed by atoms with E-state index in [0.717, 1.165) is 17.8 Å². The van der Waals surface area contributed by atoms with Crippen LogP contribution in [0.1, 0.15) is 40.1 Å². The molecule has 7 heteroatoms. The first kappa shape index (κ1) is 14.6. The Labute approximate surface area is 122 Å². The van der Waals surface area contributed by atoms with Crippen molar-refractivity contribution in [2.24, 2.45) is 7.05 Å². The lowest BCUT2D eigenvalue weighted by Crippen LogP contribution is -2.09. The molecule has 2 aromatic heterocycles. The number of halogens is 1. The van der Waals surface area contributed by atoms with E-state index in [2.05, 4.69) is 10.2 Å². The first-order valence-corrected chi connectivity index (χ1v) is 6.72. The second-order valence-electron chi connectivity index (χ2n) is 4.69. The Hall–Kier alpha value is -1.82. The lowest BCUT2D eigenvalue weighted by Gasteiger charge is -2.06. The summed E-state index contributed by atoms with van der Waals surface area (Å²) in [6.07, 6.45) is 0.754. The highest BCUT2D eigenvalue weighted by Crippen LogP contribution is 2.23. The predicted molar refractivity (Wildman–Crippen MR) is 75.4 cm³/mol. The maximum Gasteiger partial charge on any atom is 0.339 e. The van der Waals surface area contributed by atoms with Crippen LogP contribution in [0.4, 0.5) is 0 Å². The van der Waals surface area contributed by atoms with Crippen molar-refractivity contribution in [2.75, 3.05) is 0 Å². The fourth-order valence-corrected chi connectivity index (χ4v) is 2.65. The molecule has 0 bridgehead atoms. The van der Waals surface area contributed by atoms with Gasteiger partial charge in [0, 0.05) is 7.05 Å². The molecule has 0 atom stereocenters. The lowest BCUT2D eigenvalue weighted by atomic mass is 10.2. The quantitative estimate of drug-likeness (QED) is 0.938. The SMILES string of the molecule is CCc1nn(C)c(Cn2nc(C)c(C(=O)O)c2C)c1Cl. The maximum atomic E-state index is 11.2. The molecule has 0 aliphatic carbocycles. The molecule has 20 heavy (non-hydrogen) atoms. The van der Waals surface area contributed by atoms with Gasteiger partial charge in [0.1, 0.15) is 5.56 Å². The Balaban J connectivity index is 2.43. The number of rotatable bonds is 4. The normalized spacial score (nSPS) is 11.1. The highest BCUT2D eigenvalue weighted by Gasteiger charge is 2.20. The molecule has 0 saturated heterocycles. The van der Waals surface area contributed by atoms with Gasteiger partial charge in [0.2, 0.25) is 0 Å². The molecule has 0 radical (unpaired) electrons. The van der Waals surface area contributed by atoms with Gasteiger partial charge in [-0.15, -0.1) is 0 Å². The molecule has 2 aromatic rings. The first-order chi connectivity index (χ1) is 9.36. The van der Waals surface area contributed by atoms with Crippen molar-refractivity contribution >= 4 is 17.6 Å². The van der Waals surface area contributed by atoms with Crippen molar-refractivity contribution in [2.45, 2.75) is 33.7 Å². The highest BCUT2D eigenvalue weighted by molar-refractivity contribution is 6.31. The minimum Gasteiger partial charge on any atom is -0.478 e. The molecular weight excluding hydrogens is 280 g/mol. The Morgan fingerprint density at radius 1 is 1.35 bits per heavy atom. The minimum absolute atomic E-state index is 0.249. The zero-order valence-corrected chi connectivity index (χ0v) is 12.7. The predicted octanol–water partition coefficient (Wildman–Crippen LogP) is 2.20. The van der Waals surface area contributed by atoms with Gasteiger partial charge in [0.05, 0.1) is 34.3 Å². The van der Waals surface area contributed by atoms with Gasteiger partial charge in [-0.2, -0.15) is 10.2 Å². The summed E-state index contributed by atoms with van der Waals surface area (Å²) in [7, 11) is 1.82. The third-order valence-corrected chi connectivity index (χ3v) is 3.83. The fraction of sp³-hybridized carbons (Fsp3) is 0.462. The van der Waals surface area contributed by atoms with Crippen LogP contribution in [-0.4, -0.2) is 30.6 Å². The molecule has 0 unspecified atom stereocenters. The highest BCUT2D eigenvalue weighted by atomic mass is 35.5. The summed E-state index contributed by atoms with van der Waals surface area (Å²) in [5, 5.41) is 18.4. The van der Waals surface area contributed by atoms with E-state index in [9.17, 15) is 9.90 Å². The Kier molecular flexibility index (Phi) is 3.85. The number of nitrogens with zero attached hydrogens (tertiary/aromatic N) is 4. The van der Waals surface area contributed by atoms with Crippen LogP contribution in [0, 0.1) is 13.8 Å². The summed E-state index contributed by atoms with van der Waals surface area (Å²) in [4.78, 5) is 11.2. The van der Waals surface area contributed by atoms with E-state index in [0.29, 0.717) is 23.0 Å². The van der Waals surface area contributed by atoms with Gasteiger partial charge in [-0.3, -0.25) is 9.36 Å². The molecule has 2 rings (SSSR count). The number of carboxylic acids is 1. The monoisotopic (exact) mass is 296 g/mol. The zero-order chi connectivity index (χ0) is 15.0. The van der Waals surface area contributed by atoms with Crippen LogP contribution in [0.5, 0.6) is 0 Å². The third kappa shape index (κ3) is 2.31. The third-order valence-electron chi connectivity index (χ3n) is 3.40. The van der Waals surface area contributed by atoms with E-state index < -0.39 is 5.97 Å². The summed E-state index contributed by atoms with van der Waals surface area (Å²) in [5.41, 5.74) is 3.03. The Morgan fingerprint density at radius 2 is 2.00 bits per heavy atom. The summed E-state index contributed by atoms with van der Waals surface area (Å²) < 4.78 is 3.37. The van der Waals surface area contributed by atoms with Gasteiger partial charge in [0.15, 0.2) is 0 Å². The molecular formula is C13H17ClN4O2. The summed E-state index contributed by atoms with van der Waals surface area (Å²) >= 11 is 6.30. The number of aromatic carboxylic acids is 1. The van der Waals surface area contributed by atoms with E-state index >= 15 is 0 Å². The van der Waals surface area contributed by atoms with E-state index in [4.69, 9.17) is 11.6 Å². The van der Waals surface area contributed by atoms with Crippen LogP contribution in [0.3, 0.4) is 0 Å². The smallest absolute Gasteiger partial charge is 0.339 e. The van der Waals surface area contributed by atoms with Crippen LogP contribution < -0.4 is 0 Å². The first-order valence-electron chi connectivity index (χ1n) is 6.34. The summed E-state index contributed by atoms with van der Waals surface area (Å²) in [5.74, 6) is -0.961. The van der Waals surface area contributed by atoms with Gasteiger partial charge in [0.25, 0.3) is 0 Å². The molecule has 108 valence electrons.